The Kier molecular flexibility index (Phi) is 7.45. The van der Waals surface area contributed by atoms with Crippen molar-refractivity contribution in [1.82, 2.24) is 15.6 Å². The van der Waals surface area contributed by atoms with Crippen LogP contribution in [0.25, 0.3) is 11.1 Å². The maximum atomic E-state index is 12.6. The minimum absolute atomic E-state index is 0.00422. The third kappa shape index (κ3) is 5.51. The number of carbonyl (C=O) groups is 3. The molecule has 0 unspecified atom stereocenters. The number of ether oxygens (including phenoxy) is 1. The van der Waals surface area contributed by atoms with E-state index in [-0.39, 0.29) is 36.9 Å². The smallest absolute Gasteiger partial charge is 0.407 e. The lowest BCUT2D eigenvalue weighted by Crippen LogP contribution is -2.37. The summed E-state index contributed by atoms with van der Waals surface area (Å²) in [6, 6.07) is 15.6. The molecule has 1 aliphatic carbocycles. The van der Waals surface area contributed by atoms with E-state index in [0.29, 0.717) is 12.8 Å². The van der Waals surface area contributed by atoms with Crippen LogP contribution in [0.15, 0.2) is 59.3 Å². The van der Waals surface area contributed by atoms with Gasteiger partial charge in [-0.25, -0.2) is 9.78 Å². The van der Waals surface area contributed by atoms with Crippen molar-refractivity contribution in [2.45, 2.75) is 44.7 Å². The second kappa shape index (κ2) is 10.9. The minimum Gasteiger partial charge on any atom is -0.481 e. The van der Waals surface area contributed by atoms with Crippen molar-refractivity contribution in [3.05, 3.63) is 77.5 Å². The monoisotopic (exact) mass is 477 g/mol. The Bertz CT molecular complexity index is 1180. The summed E-state index contributed by atoms with van der Waals surface area (Å²) in [5, 5.41) is 14.3. The normalized spacial score (nSPS) is 12.9. The van der Waals surface area contributed by atoms with E-state index in [0.717, 1.165) is 28.6 Å². The highest BCUT2D eigenvalue weighted by atomic mass is 16.5. The fraction of sp³-hybridized carbons (Fsp3) is 0.308. The Morgan fingerprint density at radius 2 is 1.74 bits per heavy atom. The molecule has 0 spiro atoms. The van der Waals surface area contributed by atoms with Crippen LogP contribution < -0.4 is 10.6 Å². The van der Waals surface area contributed by atoms with E-state index < -0.39 is 24.0 Å². The first-order valence-electron chi connectivity index (χ1n) is 11.5. The summed E-state index contributed by atoms with van der Waals surface area (Å²) < 4.78 is 10.8. The van der Waals surface area contributed by atoms with Gasteiger partial charge in [0.15, 0.2) is 17.8 Å². The molecule has 182 valence electrons. The van der Waals surface area contributed by atoms with E-state index in [4.69, 9.17) is 14.3 Å². The van der Waals surface area contributed by atoms with Crippen molar-refractivity contribution in [3.8, 4) is 11.1 Å². The van der Waals surface area contributed by atoms with Gasteiger partial charge in [0.25, 0.3) is 5.91 Å². The van der Waals surface area contributed by atoms with E-state index in [1.54, 1.807) is 0 Å². The van der Waals surface area contributed by atoms with E-state index in [2.05, 4.69) is 27.8 Å². The molecule has 1 atom stereocenters. The molecule has 2 amide bonds. The third-order valence-corrected chi connectivity index (χ3v) is 5.99. The number of nitrogens with zero attached hydrogens (tertiary/aromatic N) is 1. The van der Waals surface area contributed by atoms with E-state index >= 15 is 0 Å². The Morgan fingerprint density at radius 3 is 2.37 bits per heavy atom. The Morgan fingerprint density at radius 1 is 1.09 bits per heavy atom. The molecule has 35 heavy (non-hydrogen) atoms. The number of fused-ring (bicyclic) bond motifs is 3. The van der Waals surface area contributed by atoms with Gasteiger partial charge in [-0.15, -0.1) is 0 Å². The maximum absolute atomic E-state index is 12.6. The van der Waals surface area contributed by atoms with Crippen molar-refractivity contribution in [2.75, 3.05) is 6.61 Å². The predicted molar refractivity (Wildman–Crippen MR) is 127 cm³/mol. The van der Waals surface area contributed by atoms with Crippen molar-refractivity contribution < 1.29 is 28.6 Å². The highest BCUT2D eigenvalue weighted by Gasteiger charge is 2.29. The topological polar surface area (TPSA) is 131 Å². The molecular weight excluding hydrogens is 450 g/mol. The number of aromatic nitrogens is 1. The first-order valence-corrected chi connectivity index (χ1v) is 11.5. The molecule has 3 N–H and O–H groups in total. The molecule has 4 rings (SSSR count). The van der Waals surface area contributed by atoms with Crippen LogP contribution in [0.4, 0.5) is 4.79 Å². The number of carbonyl (C=O) groups excluding carboxylic acids is 2. The van der Waals surface area contributed by atoms with Crippen LogP contribution in [-0.2, 0) is 16.1 Å². The fourth-order valence-corrected chi connectivity index (χ4v) is 4.42. The standard InChI is InChI=1S/C26H27N3O6/c1-2-7-16(12-23(30)31)29-25(32)24-22(35-15-28-24)13-27-26(33)34-14-21-19-10-5-3-8-17(19)18-9-4-6-11-20(18)21/h3-6,8-11,15-16,21H,2,7,12-14H2,1H3,(H,27,33)(H,29,32)(H,30,31)/t16-/m0/s1. The lowest BCUT2D eigenvalue weighted by Gasteiger charge is -2.16. The van der Waals surface area contributed by atoms with Gasteiger partial charge in [0.05, 0.1) is 13.0 Å². The van der Waals surface area contributed by atoms with E-state index in [9.17, 15) is 14.4 Å². The number of carboxylic acid groups (broad SMARTS) is 1. The molecule has 9 heteroatoms. The molecule has 0 fully saturated rings. The lowest BCUT2D eigenvalue weighted by atomic mass is 9.98. The fourth-order valence-electron chi connectivity index (χ4n) is 4.42. The number of aliphatic carboxylic acids is 1. The zero-order valence-corrected chi connectivity index (χ0v) is 19.3. The molecule has 1 aliphatic rings. The molecular formula is C26H27N3O6. The van der Waals surface area contributed by atoms with E-state index in [1.807, 2.05) is 43.3 Å². The van der Waals surface area contributed by atoms with Crippen molar-refractivity contribution in [3.63, 3.8) is 0 Å². The quantitative estimate of drug-likeness (QED) is 0.401. The van der Waals surface area contributed by atoms with Crippen LogP contribution in [0, 0.1) is 0 Å². The summed E-state index contributed by atoms with van der Waals surface area (Å²) in [5.41, 5.74) is 4.49. The van der Waals surface area contributed by atoms with Gasteiger partial charge >= 0.3 is 12.1 Å². The van der Waals surface area contributed by atoms with Gasteiger partial charge in [0, 0.05) is 12.0 Å². The summed E-state index contributed by atoms with van der Waals surface area (Å²) in [6.07, 6.45) is 1.50. The molecule has 1 heterocycles. The van der Waals surface area contributed by atoms with Gasteiger partial charge in [-0.2, -0.15) is 0 Å². The first-order chi connectivity index (χ1) is 17.0. The average Bonchev–Trinajstić information content (AvgIpc) is 3.44. The lowest BCUT2D eigenvalue weighted by molar-refractivity contribution is -0.137. The van der Waals surface area contributed by atoms with Gasteiger partial charge in [0.2, 0.25) is 0 Å². The third-order valence-electron chi connectivity index (χ3n) is 5.99. The summed E-state index contributed by atoms with van der Waals surface area (Å²) in [4.78, 5) is 40.0. The molecule has 0 bridgehead atoms. The second-order valence-electron chi connectivity index (χ2n) is 8.36. The van der Waals surface area contributed by atoms with Crippen LogP contribution in [0.1, 0.15) is 59.5 Å². The molecule has 9 nitrogen and oxygen atoms in total. The Hall–Kier alpha value is -4.14. The molecule has 0 aliphatic heterocycles. The highest BCUT2D eigenvalue weighted by Crippen LogP contribution is 2.44. The maximum Gasteiger partial charge on any atom is 0.407 e. The summed E-state index contributed by atoms with van der Waals surface area (Å²) in [7, 11) is 0. The number of benzene rings is 2. The van der Waals surface area contributed by atoms with Crippen LogP contribution in [-0.4, -0.2) is 40.7 Å². The molecule has 0 saturated heterocycles. The number of nitrogens with one attached hydrogen (secondary N) is 2. The Balaban J connectivity index is 1.34. The van der Waals surface area contributed by atoms with Crippen LogP contribution in [0.3, 0.4) is 0 Å². The SMILES string of the molecule is CCC[C@@H](CC(=O)O)NC(=O)c1ncoc1CNC(=O)OCC1c2ccccc2-c2ccccc21. The van der Waals surface area contributed by atoms with Gasteiger partial charge in [0.1, 0.15) is 6.61 Å². The average molecular weight is 478 g/mol. The molecule has 2 aromatic carbocycles. The number of hydrogen-bond donors (Lipinski definition) is 3. The van der Waals surface area contributed by atoms with Crippen LogP contribution in [0.5, 0.6) is 0 Å². The van der Waals surface area contributed by atoms with Crippen molar-refractivity contribution in [1.29, 1.82) is 0 Å². The summed E-state index contributed by atoms with van der Waals surface area (Å²) in [6.45, 7) is 1.97. The predicted octanol–water partition coefficient (Wildman–Crippen LogP) is 4.09. The number of hydrogen-bond acceptors (Lipinski definition) is 6. The second-order valence-corrected chi connectivity index (χ2v) is 8.36. The van der Waals surface area contributed by atoms with Gasteiger partial charge in [-0.1, -0.05) is 61.9 Å². The van der Waals surface area contributed by atoms with Crippen molar-refractivity contribution >= 4 is 18.0 Å². The molecule has 0 saturated carbocycles. The van der Waals surface area contributed by atoms with Gasteiger partial charge in [-0.3, -0.25) is 9.59 Å². The number of alkyl carbamates (subject to hydrolysis) is 1. The molecule has 3 aromatic rings. The summed E-state index contributed by atoms with van der Waals surface area (Å²) in [5.74, 6) is -1.46. The van der Waals surface area contributed by atoms with Gasteiger partial charge < -0.3 is 24.9 Å². The number of oxazole rings is 1. The van der Waals surface area contributed by atoms with Crippen LogP contribution in [0.2, 0.25) is 0 Å². The first kappa shape index (κ1) is 24.0. The molecule has 1 aromatic heterocycles. The summed E-state index contributed by atoms with van der Waals surface area (Å²) >= 11 is 0. The molecule has 0 radical (unpaired) electrons. The van der Waals surface area contributed by atoms with E-state index in [1.165, 1.54) is 0 Å². The number of carboxylic acids is 1. The number of rotatable bonds is 10. The van der Waals surface area contributed by atoms with Crippen LogP contribution >= 0.6 is 0 Å². The highest BCUT2D eigenvalue weighted by molar-refractivity contribution is 5.93. The largest absolute Gasteiger partial charge is 0.481 e. The Labute approximate surface area is 202 Å². The number of amides is 2. The van der Waals surface area contributed by atoms with Gasteiger partial charge in [-0.05, 0) is 28.7 Å². The van der Waals surface area contributed by atoms with Crippen molar-refractivity contribution in [2.24, 2.45) is 0 Å². The zero-order valence-electron chi connectivity index (χ0n) is 19.3. The zero-order chi connectivity index (χ0) is 24.8. The minimum atomic E-state index is -0.999.